The summed E-state index contributed by atoms with van der Waals surface area (Å²) >= 11 is 0. The summed E-state index contributed by atoms with van der Waals surface area (Å²) in [4.78, 5) is 28.1. The molecule has 1 aromatic carbocycles. The Morgan fingerprint density at radius 2 is 1.90 bits per heavy atom. The van der Waals surface area contributed by atoms with Gasteiger partial charge in [0.05, 0.1) is 23.3 Å². The maximum Gasteiger partial charge on any atom is 0.292 e. The van der Waals surface area contributed by atoms with Crippen molar-refractivity contribution in [2.24, 2.45) is 0 Å². The van der Waals surface area contributed by atoms with Crippen LogP contribution in [-0.4, -0.2) is 57.9 Å². The predicted molar refractivity (Wildman–Crippen MR) is 158 cm³/mol. The Kier molecular flexibility index (Phi) is 7.80. The van der Waals surface area contributed by atoms with Crippen LogP contribution in [0.1, 0.15) is 59.5 Å². The van der Waals surface area contributed by atoms with Gasteiger partial charge < -0.3 is 25.8 Å². The summed E-state index contributed by atoms with van der Waals surface area (Å²) in [5, 5.41) is 18.9. The maximum atomic E-state index is 12.6. The van der Waals surface area contributed by atoms with Crippen LogP contribution in [0, 0.1) is 12.3 Å². The average Bonchev–Trinajstić information content (AvgIpc) is 3.49. The van der Waals surface area contributed by atoms with Crippen LogP contribution in [0.4, 0.5) is 11.5 Å². The van der Waals surface area contributed by atoms with Gasteiger partial charge in [-0.3, -0.25) is 15.2 Å². The Hall–Kier alpha value is -4.64. The van der Waals surface area contributed by atoms with Crippen LogP contribution in [-0.2, 0) is 12.0 Å². The van der Waals surface area contributed by atoms with Gasteiger partial charge in [-0.15, -0.1) is 0 Å². The second kappa shape index (κ2) is 11.5. The Morgan fingerprint density at radius 3 is 2.56 bits per heavy atom. The number of rotatable bonds is 7. The lowest BCUT2D eigenvalue weighted by Gasteiger charge is -2.29. The summed E-state index contributed by atoms with van der Waals surface area (Å²) in [6.07, 6.45) is 3.56. The number of hydrogen-bond acceptors (Lipinski definition) is 10. The zero-order valence-electron chi connectivity index (χ0n) is 23.8. The second-order valence-electron chi connectivity index (χ2n) is 11.2. The van der Waals surface area contributed by atoms with Crippen molar-refractivity contribution in [1.82, 2.24) is 30.7 Å². The molecule has 1 aliphatic rings. The fourth-order valence-corrected chi connectivity index (χ4v) is 4.56. The zero-order chi connectivity index (χ0) is 29.1. The highest BCUT2D eigenvalue weighted by molar-refractivity contribution is 6.14. The molecule has 4 aromatic rings. The van der Waals surface area contributed by atoms with Crippen molar-refractivity contribution in [2.75, 3.05) is 36.8 Å². The molecule has 11 nitrogen and oxygen atoms in total. The molecule has 0 atom stereocenters. The number of pyridine rings is 2. The molecule has 0 unspecified atom stereocenters. The Labute approximate surface area is 239 Å². The lowest BCUT2D eigenvalue weighted by atomic mass is 9.97. The molecule has 4 heterocycles. The van der Waals surface area contributed by atoms with E-state index >= 15 is 0 Å². The van der Waals surface area contributed by atoms with E-state index in [0.29, 0.717) is 17.0 Å². The fraction of sp³-hybridized carbons (Fsp3) is 0.333. The van der Waals surface area contributed by atoms with Crippen molar-refractivity contribution in [3.8, 4) is 11.3 Å². The third-order valence-electron chi connectivity index (χ3n) is 7.06. The molecular formula is C30H35N9O2. The van der Waals surface area contributed by atoms with E-state index in [2.05, 4.69) is 41.7 Å². The molecule has 5 rings (SSSR count). The van der Waals surface area contributed by atoms with Crippen molar-refractivity contribution in [3.63, 3.8) is 0 Å². The molecule has 0 aliphatic carbocycles. The molecule has 41 heavy (non-hydrogen) atoms. The Balaban J connectivity index is 1.28. The first-order chi connectivity index (χ1) is 19.6. The van der Waals surface area contributed by atoms with E-state index < -0.39 is 5.91 Å². The van der Waals surface area contributed by atoms with Gasteiger partial charge >= 0.3 is 0 Å². The fourth-order valence-electron chi connectivity index (χ4n) is 4.56. The standard InChI is InChI=1S/C30H35N9O2/c1-18-13-19(5-6-20(18)15-36-28(40)27-37-29(41-38-27)30(2,3)4)25(31)23-14-21(16-35-26(23)32)24-8-7-22(17-34-24)39-11-9-33-10-12-39/h5-8,13-14,16-17,31,33H,9-12,15H2,1-4H3,(H2,32,35)(H,36,40). The first-order valence-corrected chi connectivity index (χ1v) is 13.6. The number of aromatic nitrogens is 4. The van der Waals surface area contributed by atoms with E-state index in [1.807, 2.05) is 64.2 Å². The zero-order valence-corrected chi connectivity index (χ0v) is 23.8. The first-order valence-electron chi connectivity index (χ1n) is 13.6. The SMILES string of the molecule is Cc1cc(C(=N)c2cc(-c3ccc(N4CCNCC4)cn3)cnc2N)ccc1CNC(=O)c1noc(C(C)(C)C)n1. The number of aryl methyl sites for hydroxylation is 1. The molecule has 3 aromatic heterocycles. The van der Waals surface area contributed by atoms with Gasteiger partial charge in [0, 0.05) is 61.0 Å². The van der Waals surface area contributed by atoms with E-state index in [-0.39, 0.29) is 29.3 Å². The largest absolute Gasteiger partial charge is 0.383 e. The molecule has 5 N–H and O–H groups in total. The monoisotopic (exact) mass is 553 g/mol. The van der Waals surface area contributed by atoms with Crippen LogP contribution < -0.4 is 21.3 Å². The molecular weight excluding hydrogens is 518 g/mol. The van der Waals surface area contributed by atoms with Crippen LogP contribution in [0.2, 0.25) is 0 Å². The minimum absolute atomic E-state index is 0.00163. The second-order valence-corrected chi connectivity index (χ2v) is 11.2. The van der Waals surface area contributed by atoms with Gasteiger partial charge in [0.15, 0.2) is 0 Å². The number of amides is 1. The normalized spacial score (nSPS) is 13.7. The number of nitrogens with one attached hydrogen (secondary N) is 3. The molecule has 0 spiro atoms. The van der Waals surface area contributed by atoms with Gasteiger partial charge in [-0.1, -0.05) is 38.1 Å². The number of carbonyl (C=O) groups is 1. The van der Waals surface area contributed by atoms with E-state index in [1.165, 1.54) is 0 Å². The number of benzene rings is 1. The van der Waals surface area contributed by atoms with Gasteiger partial charge in [0.25, 0.3) is 11.7 Å². The number of anilines is 2. The van der Waals surface area contributed by atoms with Gasteiger partial charge in [0.1, 0.15) is 5.82 Å². The number of nitrogens with two attached hydrogens (primary N) is 1. The number of hydrogen-bond donors (Lipinski definition) is 4. The molecule has 1 saturated heterocycles. The van der Waals surface area contributed by atoms with Gasteiger partial charge in [-0.05, 0) is 42.3 Å². The molecule has 11 heteroatoms. The highest BCUT2D eigenvalue weighted by atomic mass is 16.5. The van der Waals surface area contributed by atoms with Gasteiger partial charge in [0.2, 0.25) is 5.89 Å². The summed E-state index contributed by atoms with van der Waals surface area (Å²) < 4.78 is 5.22. The lowest BCUT2D eigenvalue weighted by molar-refractivity contribution is 0.0937. The summed E-state index contributed by atoms with van der Waals surface area (Å²) in [5.41, 5.74) is 11.8. The average molecular weight is 554 g/mol. The van der Waals surface area contributed by atoms with Crippen LogP contribution in [0.25, 0.3) is 11.3 Å². The minimum atomic E-state index is -0.411. The maximum absolute atomic E-state index is 12.6. The minimum Gasteiger partial charge on any atom is -0.383 e. The summed E-state index contributed by atoms with van der Waals surface area (Å²) in [5.74, 6) is 0.273. The van der Waals surface area contributed by atoms with Crippen LogP contribution in [0.5, 0.6) is 0 Å². The van der Waals surface area contributed by atoms with Crippen LogP contribution in [0.15, 0.2) is 53.3 Å². The number of piperazine rings is 1. The molecule has 0 radical (unpaired) electrons. The topological polar surface area (TPSA) is 159 Å². The first kappa shape index (κ1) is 27.9. The van der Waals surface area contributed by atoms with Crippen molar-refractivity contribution in [1.29, 1.82) is 5.41 Å². The summed E-state index contributed by atoms with van der Waals surface area (Å²) in [7, 11) is 0. The van der Waals surface area contributed by atoms with Gasteiger partial charge in [-0.25, -0.2) is 4.98 Å². The van der Waals surface area contributed by atoms with E-state index in [0.717, 1.165) is 54.3 Å². The molecule has 212 valence electrons. The van der Waals surface area contributed by atoms with Crippen molar-refractivity contribution >= 4 is 23.1 Å². The predicted octanol–water partition coefficient (Wildman–Crippen LogP) is 3.47. The smallest absolute Gasteiger partial charge is 0.292 e. The van der Waals surface area contributed by atoms with E-state index in [9.17, 15) is 4.79 Å². The van der Waals surface area contributed by atoms with E-state index in [1.54, 1.807) is 6.20 Å². The van der Waals surface area contributed by atoms with Crippen molar-refractivity contribution in [2.45, 2.75) is 39.7 Å². The van der Waals surface area contributed by atoms with Crippen molar-refractivity contribution in [3.05, 3.63) is 82.8 Å². The van der Waals surface area contributed by atoms with E-state index in [4.69, 9.17) is 15.7 Å². The third-order valence-corrected chi connectivity index (χ3v) is 7.06. The summed E-state index contributed by atoms with van der Waals surface area (Å²) in [6, 6.07) is 11.5. The van der Waals surface area contributed by atoms with Gasteiger partial charge in [-0.2, -0.15) is 4.98 Å². The molecule has 0 bridgehead atoms. The number of carbonyl (C=O) groups excluding carboxylic acids is 1. The van der Waals surface area contributed by atoms with Crippen molar-refractivity contribution < 1.29 is 9.32 Å². The summed E-state index contributed by atoms with van der Waals surface area (Å²) in [6.45, 7) is 11.9. The van der Waals surface area contributed by atoms with Crippen LogP contribution >= 0.6 is 0 Å². The highest BCUT2D eigenvalue weighted by Gasteiger charge is 2.24. The van der Waals surface area contributed by atoms with Crippen LogP contribution in [0.3, 0.4) is 0 Å². The Morgan fingerprint density at radius 1 is 1.12 bits per heavy atom. The molecule has 1 amide bonds. The quantitative estimate of drug-likeness (QED) is 0.251. The molecule has 1 fully saturated rings. The highest BCUT2D eigenvalue weighted by Crippen LogP contribution is 2.25. The Bertz CT molecular complexity index is 1570. The number of nitrogens with zero attached hydrogens (tertiary/aromatic N) is 5. The third kappa shape index (κ3) is 6.25. The molecule has 1 aliphatic heterocycles. The number of nitrogen functional groups attached to an aromatic ring is 1. The lowest BCUT2D eigenvalue weighted by Crippen LogP contribution is -2.43. The molecule has 0 saturated carbocycles.